The second-order valence-corrected chi connectivity index (χ2v) is 5.31. The number of benzene rings is 1. The van der Waals surface area contributed by atoms with Crippen LogP contribution >= 0.6 is 34.8 Å². The van der Waals surface area contributed by atoms with Gasteiger partial charge in [0.15, 0.2) is 0 Å². The van der Waals surface area contributed by atoms with Gasteiger partial charge in [0, 0.05) is 5.69 Å². The zero-order valence-corrected chi connectivity index (χ0v) is 12.8. The number of carbonyl (C=O) groups excluding carboxylic acids is 1. The molecule has 0 spiro atoms. The van der Waals surface area contributed by atoms with Gasteiger partial charge in [-0.05, 0) is 30.3 Å². The first-order valence-electron chi connectivity index (χ1n) is 5.68. The van der Waals surface area contributed by atoms with Crippen molar-refractivity contribution in [1.82, 2.24) is 4.98 Å². The van der Waals surface area contributed by atoms with Crippen LogP contribution in [0.25, 0.3) is 0 Å². The Morgan fingerprint density at radius 1 is 1.05 bits per heavy atom. The molecule has 22 heavy (non-hydrogen) atoms. The molecule has 0 aliphatic heterocycles. The minimum atomic E-state index is -4.64. The average molecular weight is 370 g/mol. The molecule has 0 bridgehead atoms. The van der Waals surface area contributed by atoms with Gasteiger partial charge in [-0.15, -0.1) is 0 Å². The molecule has 1 aromatic carbocycles. The van der Waals surface area contributed by atoms with E-state index in [9.17, 15) is 18.0 Å². The van der Waals surface area contributed by atoms with Crippen molar-refractivity contribution in [2.75, 3.05) is 5.32 Å². The van der Waals surface area contributed by atoms with E-state index < -0.39 is 22.7 Å². The third-order valence-electron chi connectivity index (χ3n) is 2.56. The second-order valence-electron chi connectivity index (χ2n) is 4.11. The number of hydrogen-bond acceptors (Lipinski definition) is 2. The number of aromatic nitrogens is 1. The number of nitrogens with one attached hydrogen (secondary N) is 1. The fourth-order valence-corrected chi connectivity index (χ4v) is 2.15. The van der Waals surface area contributed by atoms with E-state index in [1.807, 2.05) is 0 Å². The van der Waals surface area contributed by atoms with Gasteiger partial charge in [0.25, 0.3) is 5.91 Å². The van der Waals surface area contributed by atoms with Crippen LogP contribution in [0.3, 0.4) is 0 Å². The maximum atomic E-state index is 12.8. The number of amides is 1. The van der Waals surface area contributed by atoms with Crippen LogP contribution in [0.1, 0.15) is 16.1 Å². The number of rotatable bonds is 2. The minimum absolute atomic E-state index is 0.0203. The lowest BCUT2D eigenvalue weighted by atomic mass is 10.2. The SMILES string of the molecule is O=C(Nc1ccc(Cl)c(C(F)(F)F)c1)c1nc(Cl)ccc1Cl. The van der Waals surface area contributed by atoms with Crippen LogP contribution < -0.4 is 5.32 Å². The van der Waals surface area contributed by atoms with Gasteiger partial charge < -0.3 is 5.32 Å². The van der Waals surface area contributed by atoms with Gasteiger partial charge in [-0.3, -0.25) is 4.79 Å². The first kappa shape index (κ1) is 16.9. The molecule has 0 fully saturated rings. The van der Waals surface area contributed by atoms with Gasteiger partial charge >= 0.3 is 6.18 Å². The average Bonchev–Trinajstić information content (AvgIpc) is 2.42. The first-order valence-corrected chi connectivity index (χ1v) is 6.82. The summed E-state index contributed by atoms with van der Waals surface area (Å²) >= 11 is 17.0. The summed E-state index contributed by atoms with van der Waals surface area (Å²) in [7, 11) is 0. The summed E-state index contributed by atoms with van der Waals surface area (Å²) in [6.45, 7) is 0. The van der Waals surface area contributed by atoms with Crippen LogP contribution in [-0.4, -0.2) is 10.9 Å². The maximum Gasteiger partial charge on any atom is 0.417 e. The predicted octanol–water partition coefficient (Wildman–Crippen LogP) is 5.31. The highest BCUT2D eigenvalue weighted by Gasteiger charge is 2.33. The fourth-order valence-electron chi connectivity index (χ4n) is 1.59. The molecular formula is C13H6Cl3F3N2O. The molecule has 1 aromatic heterocycles. The van der Waals surface area contributed by atoms with Crippen molar-refractivity contribution in [1.29, 1.82) is 0 Å². The number of anilines is 1. The van der Waals surface area contributed by atoms with E-state index in [1.165, 1.54) is 18.2 Å². The van der Waals surface area contributed by atoms with Crippen molar-refractivity contribution in [2.24, 2.45) is 0 Å². The van der Waals surface area contributed by atoms with Gasteiger partial charge in [0.1, 0.15) is 10.8 Å². The molecular weight excluding hydrogens is 364 g/mol. The fraction of sp³-hybridized carbons (Fsp3) is 0.0769. The standard InChI is InChI=1S/C13H6Cl3F3N2O/c14-8-2-1-6(5-7(8)13(17,18)19)20-12(22)11-9(15)3-4-10(16)21-11/h1-5H,(H,20,22). The highest BCUT2D eigenvalue weighted by molar-refractivity contribution is 6.35. The third kappa shape index (κ3) is 3.82. The van der Waals surface area contributed by atoms with E-state index in [4.69, 9.17) is 34.8 Å². The first-order chi connectivity index (χ1) is 10.2. The number of hydrogen-bond donors (Lipinski definition) is 1. The van der Waals surface area contributed by atoms with E-state index in [2.05, 4.69) is 10.3 Å². The molecule has 0 aliphatic carbocycles. The molecule has 0 unspecified atom stereocenters. The van der Waals surface area contributed by atoms with Crippen LogP contribution in [-0.2, 0) is 6.18 Å². The van der Waals surface area contributed by atoms with Crippen molar-refractivity contribution >= 4 is 46.4 Å². The number of nitrogens with zero attached hydrogens (tertiary/aromatic N) is 1. The number of halogens is 6. The molecule has 9 heteroatoms. The van der Waals surface area contributed by atoms with Crippen molar-refractivity contribution in [3.8, 4) is 0 Å². The molecule has 0 atom stereocenters. The molecule has 1 heterocycles. The van der Waals surface area contributed by atoms with Crippen LogP contribution in [0, 0.1) is 0 Å². The summed E-state index contributed by atoms with van der Waals surface area (Å²) in [5, 5.41) is 1.84. The summed E-state index contributed by atoms with van der Waals surface area (Å²) in [4.78, 5) is 15.7. The van der Waals surface area contributed by atoms with E-state index >= 15 is 0 Å². The molecule has 0 radical (unpaired) electrons. The van der Waals surface area contributed by atoms with Gasteiger partial charge in [-0.25, -0.2) is 4.98 Å². The van der Waals surface area contributed by atoms with Crippen molar-refractivity contribution in [2.45, 2.75) is 6.18 Å². The third-order valence-corrected chi connectivity index (χ3v) is 3.40. The Balaban J connectivity index is 2.31. The van der Waals surface area contributed by atoms with Gasteiger partial charge in [0.2, 0.25) is 0 Å². The minimum Gasteiger partial charge on any atom is -0.321 e. The number of pyridine rings is 1. The second kappa shape index (κ2) is 6.32. The molecule has 2 rings (SSSR count). The van der Waals surface area contributed by atoms with E-state index in [-0.39, 0.29) is 21.6 Å². The lowest BCUT2D eigenvalue weighted by molar-refractivity contribution is -0.137. The van der Waals surface area contributed by atoms with Crippen molar-refractivity contribution in [3.05, 3.63) is 56.8 Å². The quantitative estimate of drug-likeness (QED) is 0.729. The molecule has 0 saturated heterocycles. The molecule has 116 valence electrons. The molecule has 0 saturated carbocycles. The Hall–Kier alpha value is -1.50. The largest absolute Gasteiger partial charge is 0.417 e. The van der Waals surface area contributed by atoms with Crippen molar-refractivity contribution < 1.29 is 18.0 Å². The smallest absolute Gasteiger partial charge is 0.321 e. The van der Waals surface area contributed by atoms with Gasteiger partial charge in [-0.2, -0.15) is 13.2 Å². The van der Waals surface area contributed by atoms with Crippen LogP contribution in [0.15, 0.2) is 30.3 Å². The Kier molecular flexibility index (Phi) is 4.84. The molecule has 1 amide bonds. The van der Waals surface area contributed by atoms with E-state index in [1.54, 1.807) is 0 Å². The molecule has 2 aromatic rings. The molecule has 0 aliphatic rings. The summed E-state index contributed by atoms with van der Waals surface area (Å²) in [5.41, 5.74) is -1.35. The molecule has 3 nitrogen and oxygen atoms in total. The number of carbonyl (C=O) groups is 1. The highest BCUT2D eigenvalue weighted by Crippen LogP contribution is 2.36. The number of alkyl halides is 3. The zero-order valence-electron chi connectivity index (χ0n) is 10.5. The lowest BCUT2D eigenvalue weighted by Crippen LogP contribution is -2.15. The normalized spacial score (nSPS) is 11.4. The summed E-state index contributed by atoms with van der Waals surface area (Å²) in [6, 6.07) is 5.72. The predicted molar refractivity (Wildman–Crippen MR) is 78.7 cm³/mol. The Bertz CT molecular complexity index is 735. The highest BCUT2D eigenvalue weighted by atomic mass is 35.5. The lowest BCUT2D eigenvalue weighted by Gasteiger charge is -2.12. The Labute approximate surface area is 138 Å². The Morgan fingerprint density at radius 3 is 2.32 bits per heavy atom. The van der Waals surface area contributed by atoms with E-state index in [0.29, 0.717) is 0 Å². The van der Waals surface area contributed by atoms with Crippen molar-refractivity contribution in [3.63, 3.8) is 0 Å². The summed E-state index contributed by atoms with van der Waals surface area (Å²) in [5.74, 6) is -0.789. The summed E-state index contributed by atoms with van der Waals surface area (Å²) in [6.07, 6.45) is -4.64. The van der Waals surface area contributed by atoms with Gasteiger partial charge in [0.05, 0.1) is 15.6 Å². The van der Waals surface area contributed by atoms with Gasteiger partial charge in [-0.1, -0.05) is 34.8 Å². The van der Waals surface area contributed by atoms with Crippen LogP contribution in [0.2, 0.25) is 15.2 Å². The summed E-state index contributed by atoms with van der Waals surface area (Å²) < 4.78 is 38.3. The van der Waals surface area contributed by atoms with Crippen LogP contribution in [0.5, 0.6) is 0 Å². The zero-order chi connectivity index (χ0) is 16.5. The topological polar surface area (TPSA) is 42.0 Å². The maximum absolute atomic E-state index is 12.8. The monoisotopic (exact) mass is 368 g/mol. The molecule has 1 N–H and O–H groups in total. The Morgan fingerprint density at radius 2 is 1.68 bits per heavy atom. The van der Waals surface area contributed by atoms with E-state index in [0.717, 1.165) is 12.1 Å². The van der Waals surface area contributed by atoms with Crippen LogP contribution in [0.4, 0.5) is 18.9 Å².